The third-order valence-electron chi connectivity index (χ3n) is 3.89. The molecule has 0 spiro atoms. The number of anilines is 1. The molecule has 3 aromatic rings. The molecule has 0 aliphatic carbocycles. The first-order valence-corrected chi connectivity index (χ1v) is 10.4. The highest BCUT2D eigenvalue weighted by Gasteiger charge is 2.06. The molecule has 136 valence electrons. The number of para-hydroxylation sites is 2. The Morgan fingerprint density at radius 1 is 1.04 bits per heavy atom. The second kappa shape index (κ2) is 9.82. The number of nitrogens with zero attached hydrogens (tertiary/aromatic N) is 4. The van der Waals surface area contributed by atoms with Crippen molar-refractivity contribution in [2.24, 2.45) is 4.99 Å². The van der Waals surface area contributed by atoms with Crippen molar-refractivity contribution in [1.82, 2.24) is 4.57 Å². The molecule has 1 heterocycles. The van der Waals surface area contributed by atoms with Crippen LogP contribution in [0.15, 0.2) is 58.4 Å². The Morgan fingerprint density at radius 2 is 1.81 bits per heavy atom. The van der Waals surface area contributed by atoms with Crippen molar-refractivity contribution >= 4 is 39.0 Å². The molecule has 1 N–H and O–H groups in total. The standard InChI is InChI=1S/C20H19N5S2/c21-11-5-13-23-16-7-1-3-9-18(16)26-15-24-20-25(14-6-12-22)17-8-2-4-10-19(17)27-20/h1-4,7-10,23H,5-6,13-15H2/b24-20-. The number of hydrogen-bond acceptors (Lipinski definition) is 6. The number of thioether (sulfide) groups is 1. The van der Waals surface area contributed by atoms with Gasteiger partial charge in [0.25, 0.3) is 0 Å². The van der Waals surface area contributed by atoms with Crippen LogP contribution in [-0.2, 0) is 6.54 Å². The number of aromatic nitrogens is 1. The first kappa shape index (κ1) is 19.0. The number of thiazole rings is 1. The average molecular weight is 394 g/mol. The van der Waals surface area contributed by atoms with E-state index in [2.05, 4.69) is 40.2 Å². The largest absolute Gasteiger partial charge is 0.383 e. The van der Waals surface area contributed by atoms with Crippen LogP contribution in [0.4, 0.5) is 5.69 Å². The maximum atomic E-state index is 8.95. The Balaban J connectivity index is 1.79. The van der Waals surface area contributed by atoms with Crippen molar-refractivity contribution in [1.29, 1.82) is 10.5 Å². The smallest absolute Gasteiger partial charge is 0.186 e. The Kier molecular flexibility index (Phi) is 6.92. The summed E-state index contributed by atoms with van der Waals surface area (Å²) in [7, 11) is 0. The van der Waals surface area contributed by atoms with Crippen LogP contribution in [0.2, 0.25) is 0 Å². The van der Waals surface area contributed by atoms with Crippen LogP contribution in [0, 0.1) is 22.7 Å². The predicted octanol–water partition coefficient (Wildman–Crippen LogP) is 4.59. The van der Waals surface area contributed by atoms with E-state index < -0.39 is 0 Å². The number of rotatable bonds is 8. The van der Waals surface area contributed by atoms with Crippen LogP contribution in [0.3, 0.4) is 0 Å². The maximum Gasteiger partial charge on any atom is 0.186 e. The van der Waals surface area contributed by atoms with E-state index in [1.54, 1.807) is 23.1 Å². The molecule has 27 heavy (non-hydrogen) atoms. The van der Waals surface area contributed by atoms with Gasteiger partial charge in [0, 0.05) is 23.7 Å². The monoisotopic (exact) mass is 393 g/mol. The molecule has 0 fully saturated rings. The molecule has 5 nitrogen and oxygen atoms in total. The Morgan fingerprint density at radius 3 is 2.67 bits per heavy atom. The third kappa shape index (κ3) is 4.91. The summed E-state index contributed by atoms with van der Waals surface area (Å²) in [6.07, 6.45) is 0.941. The van der Waals surface area contributed by atoms with Gasteiger partial charge in [-0.3, -0.25) is 0 Å². The highest BCUT2D eigenvalue weighted by Crippen LogP contribution is 2.27. The second-order valence-electron chi connectivity index (χ2n) is 5.67. The minimum Gasteiger partial charge on any atom is -0.383 e. The van der Waals surface area contributed by atoms with Crippen LogP contribution in [0.5, 0.6) is 0 Å². The van der Waals surface area contributed by atoms with E-state index in [9.17, 15) is 0 Å². The predicted molar refractivity (Wildman–Crippen MR) is 111 cm³/mol. The molecule has 0 amide bonds. The van der Waals surface area contributed by atoms with Crippen molar-refractivity contribution in [3.05, 3.63) is 53.3 Å². The Hall–Kier alpha value is -2.74. The van der Waals surface area contributed by atoms with Gasteiger partial charge >= 0.3 is 0 Å². The van der Waals surface area contributed by atoms with Crippen molar-refractivity contribution < 1.29 is 0 Å². The van der Waals surface area contributed by atoms with Crippen molar-refractivity contribution in [3.63, 3.8) is 0 Å². The van der Waals surface area contributed by atoms with Gasteiger partial charge in [-0.05, 0) is 24.3 Å². The average Bonchev–Trinajstić information content (AvgIpc) is 3.05. The third-order valence-corrected chi connectivity index (χ3v) is 5.92. The first-order valence-electron chi connectivity index (χ1n) is 8.62. The lowest BCUT2D eigenvalue weighted by Gasteiger charge is -2.09. The molecule has 0 saturated heterocycles. The van der Waals surface area contributed by atoms with Gasteiger partial charge in [-0.2, -0.15) is 10.5 Å². The van der Waals surface area contributed by atoms with Gasteiger partial charge in [-0.25, -0.2) is 4.99 Å². The van der Waals surface area contributed by atoms with E-state index in [-0.39, 0.29) is 0 Å². The van der Waals surface area contributed by atoms with E-state index in [0.717, 1.165) is 20.9 Å². The molecule has 1 aromatic heterocycles. The summed E-state index contributed by atoms with van der Waals surface area (Å²) >= 11 is 3.31. The maximum absolute atomic E-state index is 8.95. The summed E-state index contributed by atoms with van der Waals surface area (Å²) in [6, 6.07) is 20.6. The highest BCUT2D eigenvalue weighted by molar-refractivity contribution is 7.99. The van der Waals surface area contributed by atoms with E-state index >= 15 is 0 Å². The fraction of sp³-hybridized carbons (Fsp3) is 0.250. The number of fused-ring (bicyclic) bond motifs is 1. The van der Waals surface area contributed by atoms with Crippen LogP contribution in [-0.4, -0.2) is 17.0 Å². The number of hydrogen-bond donors (Lipinski definition) is 1. The van der Waals surface area contributed by atoms with E-state index in [1.807, 2.05) is 30.3 Å². The quantitative estimate of drug-likeness (QED) is 0.448. The van der Waals surface area contributed by atoms with Gasteiger partial charge in [-0.15, -0.1) is 11.8 Å². The molecule has 3 rings (SSSR count). The number of benzene rings is 2. The minimum absolute atomic E-state index is 0.465. The second-order valence-corrected chi connectivity index (χ2v) is 7.67. The summed E-state index contributed by atoms with van der Waals surface area (Å²) in [5.74, 6) is 0.594. The van der Waals surface area contributed by atoms with Gasteiger partial charge in [0.1, 0.15) is 0 Å². The van der Waals surface area contributed by atoms with E-state index in [4.69, 9.17) is 15.5 Å². The van der Waals surface area contributed by atoms with Gasteiger partial charge in [-0.1, -0.05) is 35.6 Å². The molecule has 0 saturated carbocycles. The lowest BCUT2D eigenvalue weighted by atomic mass is 10.3. The minimum atomic E-state index is 0.465. The van der Waals surface area contributed by atoms with Crippen molar-refractivity contribution in [2.45, 2.75) is 24.3 Å². The SMILES string of the molecule is N#CCCNc1ccccc1SC/N=c1\sc2ccccc2n1CCC#N. The molecule has 0 bridgehead atoms. The zero-order valence-corrected chi connectivity index (χ0v) is 16.4. The van der Waals surface area contributed by atoms with Gasteiger partial charge in [0.2, 0.25) is 0 Å². The fourth-order valence-corrected chi connectivity index (χ4v) is 4.60. The Labute approximate surface area is 166 Å². The fourth-order valence-electron chi connectivity index (χ4n) is 2.67. The van der Waals surface area contributed by atoms with Crippen LogP contribution < -0.4 is 10.1 Å². The Bertz CT molecular complexity index is 1050. The topological polar surface area (TPSA) is 76.9 Å². The number of aryl methyl sites for hydroxylation is 1. The number of nitrogens with one attached hydrogen (secondary N) is 1. The van der Waals surface area contributed by atoms with Crippen LogP contribution in [0.25, 0.3) is 10.2 Å². The van der Waals surface area contributed by atoms with Gasteiger partial charge in [0.05, 0.1) is 41.1 Å². The van der Waals surface area contributed by atoms with E-state index in [1.165, 1.54) is 4.70 Å². The molecule has 2 aromatic carbocycles. The summed E-state index contributed by atoms with van der Waals surface area (Å²) in [5.41, 5.74) is 2.15. The zero-order valence-electron chi connectivity index (χ0n) is 14.8. The lowest BCUT2D eigenvalue weighted by Crippen LogP contribution is -2.15. The molecular weight excluding hydrogens is 374 g/mol. The van der Waals surface area contributed by atoms with Crippen LogP contribution >= 0.6 is 23.1 Å². The first-order chi connectivity index (χ1) is 13.3. The molecule has 7 heteroatoms. The number of nitriles is 2. The summed E-state index contributed by atoms with van der Waals surface area (Å²) in [5, 5.41) is 20.9. The molecule has 0 atom stereocenters. The highest BCUT2D eigenvalue weighted by atomic mass is 32.2. The summed E-state index contributed by atoms with van der Waals surface area (Å²) in [4.78, 5) is 6.84. The summed E-state index contributed by atoms with van der Waals surface area (Å²) < 4.78 is 3.30. The normalized spacial score (nSPS) is 11.3. The van der Waals surface area contributed by atoms with Crippen molar-refractivity contribution in [3.8, 4) is 12.1 Å². The zero-order chi connectivity index (χ0) is 18.9. The lowest BCUT2D eigenvalue weighted by molar-refractivity contribution is 0.715. The van der Waals surface area contributed by atoms with E-state index in [0.29, 0.717) is 31.8 Å². The molecule has 0 aliphatic rings. The van der Waals surface area contributed by atoms with Gasteiger partial charge < -0.3 is 9.88 Å². The summed E-state index contributed by atoms with van der Waals surface area (Å²) in [6.45, 7) is 1.28. The molecule has 0 unspecified atom stereocenters. The van der Waals surface area contributed by atoms with Gasteiger partial charge in [0.15, 0.2) is 4.80 Å². The molecule has 0 radical (unpaired) electrons. The molecular formula is C20H19N5S2. The molecule has 0 aliphatic heterocycles. The van der Waals surface area contributed by atoms with Crippen LogP contribution in [0.1, 0.15) is 12.8 Å². The van der Waals surface area contributed by atoms with Crippen molar-refractivity contribution in [2.75, 3.05) is 17.7 Å².